The number of carboxylic acids is 1. The van der Waals surface area contributed by atoms with Crippen molar-refractivity contribution in [3.63, 3.8) is 0 Å². The van der Waals surface area contributed by atoms with E-state index in [-0.39, 0.29) is 25.2 Å². The number of carbonyl (C=O) groups is 3. The van der Waals surface area contributed by atoms with Gasteiger partial charge >= 0.3 is 5.97 Å². The van der Waals surface area contributed by atoms with E-state index in [0.717, 1.165) is 11.1 Å². The zero-order valence-electron chi connectivity index (χ0n) is 12.0. The molecule has 2 amide bonds. The molecule has 1 rings (SSSR count). The van der Waals surface area contributed by atoms with Gasteiger partial charge in [-0.1, -0.05) is 29.8 Å². The molecule has 0 bridgehead atoms. The fourth-order valence-corrected chi connectivity index (χ4v) is 1.94. The molecular weight excluding hydrogens is 272 g/mol. The first-order chi connectivity index (χ1) is 9.88. The number of benzene rings is 1. The number of nitrogens with two attached hydrogens (primary N) is 1. The highest BCUT2D eigenvalue weighted by molar-refractivity contribution is 5.84. The SMILES string of the molecule is Cc1cccc(CCC(=O)N[C@@H](CCC(N)=O)C(=O)O)c1. The number of carbonyl (C=O) groups excluding carboxylic acids is 2. The average molecular weight is 292 g/mol. The molecule has 1 atom stereocenters. The number of hydrogen-bond donors (Lipinski definition) is 3. The normalized spacial score (nSPS) is 11.7. The summed E-state index contributed by atoms with van der Waals surface area (Å²) in [6.45, 7) is 1.97. The Morgan fingerprint density at radius 3 is 2.57 bits per heavy atom. The predicted octanol–water partition coefficient (Wildman–Crippen LogP) is 0.763. The average Bonchev–Trinajstić information content (AvgIpc) is 2.40. The first-order valence-corrected chi connectivity index (χ1v) is 6.74. The summed E-state index contributed by atoms with van der Waals surface area (Å²) >= 11 is 0. The number of primary amides is 1. The predicted molar refractivity (Wildman–Crippen MR) is 77.5 cm³/mol. The lowest BCUT2D eigenvalue weighted by Crippen LogP contribution is -2.41. The van der Waals surface area contributed by atoms with Gasteiger partial charge < -0.3 is 16.2 Å². The third-order valence-electron chi connectivity index (χ3n) is 3.04. The zero-order chi connectivity index (χ0) is 15.8. The van der Waals surface area contributed by atoms with Crippen molar-refractivity contribution in [3.8, 4) is 0 Å². The van der Waals surface area contributed by atoms with Gasteiger partial charge in [-0.3, -0.25) is 9.59 Å². The lowest BCUT2D eigenvalue weighted by Gasteiger charge is -2.13. The number of aryl methyl sites for hydroxylation is 2. The van der Waals surface area contributed by atoms with E-state index in [4.69, 9.17) is 10.8 Å². The van der Waals surface area contributed by atoms with Gasteiger partial charge in [-0.15, -0.1) is 0 Å². The summed E-state index contributed by atoms with van der Waals surface area (Å²) in [5.41, 5.74) is 7.11. The summed E-state index contributed by atoms with van der Waals surface area (Å²) in [5, 5.41) is 11.4. The molecule has 6 nitrogen and oxygen atoms in total. The van der Waals surface area contributed by atoms with Gasteiger partial charge in [0.2, 0.25) is 11.8 Å². The number of nitrogens with one attached hydrogen (secondary N) is 1. The van der Waals surface area contributed by atoms with Crippen LogP contribution < -0.4 is 11.1 Å². The number of hydrogen-bond acceptors (Lipinski definition) is 3. The van der Waals surface area contributed by atoms with Gasteiger partial charge in [0.1, 0.15) is 6.04 Å². The third-order valence-corrected chi connectivity index (χ3v) is 3.04. The van der Waals surface area contributed by atoms with Gasteiger partial charge in [-0.25, -0.2) is 4.79 Å². The summed E-state index contributed by atoms with van der Waals surface area (Å²) < 4.78 is 0. The lowest BCUT2D eigenvalue weighted by atomic mass is 10.1. The van der Waals surface area contributed by atoms with Crippen LogP contribution in [0.25, 0.3) is 0 Å². The Labute approximate surface area is 123 Å². The Hall–Kier alpha value is -2.37. The maximum absolute atomic E-state index is 11.8. The third kappa shape index (κ3) is 6.56. The van der Waals surface area contributed by atoms with Crippen molar-refractivity contribution < 1.29 is 19.5 Å². The largest absolute Gasteiger partial charge is 0.480 e. The molecule has 1 aromatic carbocycles. The molecule has 0 spiro atoms. The second-order valence-corrected chi connectivity index (χ2v) is 4.95. The molecule has 21 heavy (non-hydrogen) atoms. The molecule has 0 unspecified atom stereocenters. The monoisotopic (exact) mass is 292 g/mol. The topological polar surface area (TPSA) is 109 Å². The number of amides is 2. The molecule has 0 aliphatic carbocycles. The van der Waals surface area contributed by atoms with Crippen molar-refractivity contribution in [1.29, 1.82) is 0 Å². The molecule has 1 aromatic rings. The van der Waals surface area contributed by atoms with Crippen LogP contribution in [0.4, 0.5) is 0 Å². The Morgan fingerprint density at radius 1 is 1.29 bits per heavy atom. The van der Waals surface area contributed by atoms with E-state index in [9.17, 15) is 14.4 Å². The Morgan fingerprint density at radius 2 is 2.00 bits per heavy atom. The fraction of sp³-hybridized carbons (Fsp3) is 0.400. The number of rotatable bonds is 8. The highest BCUT2D eigenvalue weighted by Gasteiger charge is 2.20. The first kappa shape index (κ1) is 16.7. The van der Waals surface area contributed by atoms with Crippen molar-refractivity contribution in [1.82, 2.24) is 5.32 Å². The van der Waals surface area contributed by atoms with Crippen LogP contribution in [0.1, 0.15) is 30.4 Å². The molecule has 0 heterocycles. The van der Waals surface area contributed by atoms with Crippen LogP contribution in [0.2, 0.25) is 0 Å². The Balaban J connectivity index is 2.46. The molecule has 0 aliphatic heterocycles. The van der Waals surface area contributed by atoms with Gasteiger partial charge in [0, 0.05) is 12.8 Å². The second-order valence-electron chi connectivity index (χ2n) is 4.95. The van der Waals surface area contributed by atoms with Crippen molar-refractivity contribution >= 4 is 17.8 Å². The molecule has 6 heteroatoms. The summed E-state index contributed by atoms with van der Waals surface area (Å²) in [7, 11) is 0. The summed E-state index contributed by atoms with van der Waals surface area (Å²) in [4.78, 5) is 33.4. The van der Waals surface area contributed by atoms with Crippen molar-refractivity contribution in [3.05, 3.63) is 35.4 Å². The van der Waals surface area contributed by atoms with E-state index in [1.165, 1.54) is 0 Å². The van der Waals surface area contributed by atoms with Crippen LogP contribution in [0.3, 0.4) is 0 Å². The first-order valence-electron chi connectivity index (χ1n) is 6.74. The molecule has 0 saturated heterocycles. The van der Waals surface area contributed by atoms with Crippen LogP contribution >= 0.6 is 0 Å². The van der Waals surface area contributed by atoms with E-state index in [1.54, 1.807) is 0 Å². The lowest BCUT2D eigenvalue weighted by molar-refractivity contribution is -0.142. The standard InChI is InChI=1S/C15H20N2O4/c1-10-3-2-4-11(9-10)5-8-14(19)17-12(15(20)21)6-7-13(16)18/h2-4,9,12H,5-8H2,1H3,(H2,16,18)(H,17,19)(H,20,21)/t12-/m0/s1. The van der Waals surface area contributed by atoms with Crippen LogP contribution in [-0.4, -0.2) is 28.9 Å². The van der Waals surface area contributed by atoms with E-state index in [2.05, 4.69) is 5.32 Å². The molecule has 114 valence electrons. The minimum atomic E-state index is -1.17. The van der Waals surface area contributed by atoms with Crippen LogP contribution in [-0.2, 0) is 20.8 Å². The minimum absolute atomic E-state index is 0.000845. The highest BCUT2D eigenvalue weighted by Crippen LogP contribution is 2.07. The second kappa shape index (κ2) is 8.04. The molecule has 4 N–H and O–H groups in total. The van der Waals surface area contributed by atoms with Gasteiger partial charge in [-0.05, 0) is 25.3 Å². The summed E-state index contributed by atoms with van der Waals surface area (Å²) in [5.74, 6) is -2.11. The maximum atomic E-state index is 11.8. The maximum Gasteiger partial charge on any atom is 0.326 e. The Kier molecular flexibility index (Phi) is 6.39. The minimum Gasteiger partial charge on any atom is -0.480 e. The molecule has 0 aliphatic rings. The van der Waals surface area contributed by atoms with Gasteiger partial charge in [0.05, 0.1) is 0 Å². The van der Waals surface area contributed by atoms with Gasteiger partial charge in [0.25, 0.3) is 0 Å². The quantitative estimate of drug-likeness (QED) is 0.657. The van der Waals surface area contributed by atoms with Crippen molar-refractivity contribution in [2.24, 2.45) is 5.73 Å². The summed E-state index contributed by atoms with van der Waals surface area (Å²) in [6, 6.07) is 6.70. The molecule has 0 fully saturated rings. The highest BCUT2D eigenvalue weighted by atomic mass is 16.4. The fourth-order valence-electron chi connectivity index (χ4n) is 1.94. The van der Waals surface area contributed by atoms with Gasteiger partial charge in [0.15, 0.2) is 0 Å². The molecule has 0 saturated carbocycles. The van der Waals surface area contributed by atoms with Crippen LogP contribution in [0, 0.1) is 6.92 Å². The van der Waals surface area contributed by atoms with Crippen LogP contribution in [0.5, 0.6) is 0 Å². The van der Waals surface area contributed by atoms with E-state index >= 15 is 0 Å². The van der Waals surface area contributed by atoms with E-state index in [1.807, 2.05) is 31.2 Å². The van der Waals surface area contributed by atoms with Crippen molar-refractivity contribution in [2.75, 3.05) is 0 Å². The van der Waals surface area contributed by atoms with E-state index < -0.39 is 17.9 Å². The molecule has 0 aromatic heterocycles. The smallest absolute Gasteiger partial charge is 0.326 e. The van der Waals surface area contributed by atoms with Gasteiger partial charge in [-0.2, -0.15) is 0 Å². The van der Waals surface area contributed by atoms with Crippen LogP contribution in [0.15, 0.2) is 24.3 Å². The molecular formula is C15H20N2O4. The Bertz CT molecular complexity index is 528. The van der Waals surface area contributed by atoms with Crippen molar-refractivity contribution in [2.45, 2.75) is 38.6 Å². The number of carboxylic acid groups (broad SMARTS) is 1. The zero-order valence-corrected chi connectivity index (χ0v) is 12.0. The number of aliphatic carboxylic acids is 1. The molecule has 0 radical (unpaired) electrons. The van der Waals surface area contributed by atoms with E-state index in [0.29, 0.717) is 6.42 Å². The summed E-state index contributed by atoms with van der Waals surface area (Å²) in [6.07, 6.45) is 0.662.